The van der Waals surface area contributed by atoms with Gasteiger partial charge in [0.15, 0.2) is 0 Å². The molecule has 0 bridgehead atoms. The van der Waals surface area contributed by atoms with Crippen LogP contribution in [0.3, 0.4) is 0 Å². The zero-order valence-electron chi connectivity index (χ0n) is 15.6. The maximum Gasteiger partial charge on any atom is 0.339 e. The number of carbonyl (C=O) groups is 2. The first-order valence-corrected chi connectivity index (χ1v) is 8.37. The molecule has 0 radical (unpaired) electrons. The van der Waals surface area contributed by atoms with Crippen LogP contribution in [-0.4, -0.2) is 42.0 Å². The van der Waals surface area contributed by atoms with Gasteiger partial charge in [-0.15, -0.1) is 0 Å². The molecule has 3 aromatic rings. The number of hydrogen-bond acceptors (Lipinski definition) is 10. The van der Waals surface area contributed by atoms with E-state index >= 15 is 0 Å². The molecule has 2 N–H and O–H groups in total. The highest BCUT2D eigenvalue weighted by atomic mass is 16.6. The SMILES string of the molecule is O=C(O)c1cc(Oc2cc([N+](=O)[O-])ccn2)c(C(=O)O)cc1Oc1cc([N+](=O)[O-])ccn1. The highest BCUT2D eigenvalue weighted by Crippen LogP contribution is 2.35. The Morgan fingerprint density at radius 2 is 1.12 bits per heavy atom. The fourth-order valence-electron chi connectivity index (χ4n) is 2.43. The van der Waals surface area contributed by atoms with E-state index in [-0.39, 0.29) is 23.1 Å². The summed E-state index contributed by atoms with van der Waals surface area (Å²) in [5, 5.41) is 40.8. The van der Waals surface area contributed by atoms with Crippen LogP contribution in [0.25, 0.3) is 0 Å². The Labute approximate surface area is 176 Å². The molecule has 0 unspecified atom stereocenters. The van der Waals surface area contributed by atoms with Gasteiger partial charge in [0.05, 0.1) is 22.0 Å². The average Bonchev–Trinajstić information content (AvgIpc) is 2.74. The van der Waals surface area contributed by atoms with Crippen LogP contribution < -0.4 is 9.47 Å². The first-order chi connectivity index (χ1) is 15.2. The third kappa shape index (κ3) is 4.70. The van der Waals surface area contributed by atoms with Crippen LogP contribution in [0.15, 0.2) is 48.8 Å². The molecule has 0 aliphatic rings. The summed E-state index contributed by atoms with van der Waals surface area (Å²) >= 11 is 0. The molecule has 14 heteroatoms. The zero-order valence-corrected chi connectivity index (χ0v) is 15.6. The van der Waals surface area contributed by atoms with E-state index in [4.69, 9.17) is 9.47 Å². The maximum atomic E-state index is 11.7. The highest BCUT2D eigenvalue weighted by molar-refractivity contribution is 5.97. The molecule has 0 amide bonds. The lowest BCUT2D eigenvalue weighted by molar-refractivity contribution is -0.385. The van der Waals surface area contributed by atoms with Crippen LogP contribution in [0.2, 0.25) is 0 Å². The minimum absolute atomic E-state index is 0.355. The van der Waals surface area contributed by atoms with Crippen molar-refractivity contribution in [3.05, 3.63) is 80.1 Å². The largest absolute Gasteiger partial charge is 0.478 e. The predicted molar refractivity (Wildman–Crippen MR) is 102 cm³/mol. The normalized spacial score (nSPS) is 10.2. The van der Waals surface area contributed by atoms with Crippen molar-refractivity contribution in [3.63, 3.8) is 0 Å². The van der Waals surface area contributed by atoms with Crippen molar-refractivity contribution >= 4 is 23.3 Å². The third-order valence-electron chi connectivity index (χ3n) is 3.83. The van der Waals surface area contributed by atoms with Crippen molar-refractivity contribution in [2.75, 3.05) is 0 Å². The molecule has 32 heavy (non-hydrogen) atoms. The second kappa shape index (κ2) is 8.70. The number of pyridine rings is 2. The first-order valence-electron chi connectivity index (χ1n) is 8.37. The van der Waals surface area contributed by atoms with E-state index in [1.54, 1.807) is 0 Å². The van der Waals surface area contributed by atoms with E-state index < -0.39 is 44.4 Å². The van der Waals surface area contributed by atoms with Gasteiger partial charge in [-0.1, -0.05) is 0 Å². The summed E-state index contributed by atoms with van der Waals surface area (Å²) in [6, 6.07) is 5.64. The van der Waals surface area contributed by atoms with Gasteiger partial charge >= 0.3 is 11.9 Å². The van der Waals surface area contributed by atoms with Gasteiger partial charge in [-0.3, -0.25) is 20.2 Å². The topological polar surface area (TPSA) is 205 Å². The molecule has 0 atom stereocenters. The summed E-state index contributed by atoms with van der Waals surface area (Å²) in [6.45, 7) is 0. The number of aromatic nitrogens is 2. The van der Waals surface area contributed by atoms with Crippen LogP contribution in [0.4, 0.5) is 11.4 Å². The van der Waals surface area contributed by atoms with E-state index in [2.05, 4.69) is 9.97 Å². The summed E-state index contributed by atoms with van der Waals surface area (Å²) < 4.78 is 10.6. The summed E-state index contributed by atoms with van der Waals surface area (Å²) in [4.78, 5) is 51.2. The molecule has 162 valence electrons. The van der Waals surface area contributed by atoms with Crippen molar-refractivity contribution < 1.29 is 39.1 Å². The van der Waals surface area contributed by atoms with Crippen LogP contribution in [0, 0.1) is 20.2 Å². The molecule has 0 saturated heterocycles. The number of aromatic carboxylic acids is 2. The van der Waals surface area contributed by atoms with Crippen molar-refractivity contribution in [1.82, 2.24) is 9.97 Å². The monoisotopic (exact) mass is 442 g/mol. The van der Waals surface area contributed by atoms with Gasteiger partial charge in [-0.05, 0) is 0 Å². The Morgan fingerprint density at radius 3 is 1.44 bits per heavy atom. The van der Waals surface area contributed by atoms with Crippen LogP contribution in [0.5, 0.6) is 23.3 Å². The van der Waals surface area contributed by atoms with E-state index in [0.717, 1.165) is 48.8 Å². The summed E-state index contributed by atoms with van der Waals surface area (Å²) in [5.74, 6) is -4.76. The average molecular weight is 442 g/mol. The Morgan fingerprint density at radius 1 is 0.750 bits per heavy atom. The lowest BCUT2D eigenvalue weighted by atomic mass is 10.1. The van der Waals surface area contributed by atoms with Crippen molar-refractivity contribution in [3.8, 4) is 23.3 Å². The molecule has 0 aliphatic carbocycles. The van der Waals surface area contributed by atoms with Crippen molar-refractivity contribution in [1.29, 1.82) is 0 Å². The Bertz CT molecular complexity index is 1160. The van der Waals surface area contributed by atoms with Gasteiger partial charge in [0, 0.05) is 36.7 Å². The fraction of sp³-hybridized carbons (Fsp3) is 0. The van der Waals surface area contributed by atoms with E-state index in [9.17, 15) is 40.0 Å². The minimum atomic E-state index is -1.54. The van der Waals surface area contributed by atoms with Gasteiger partial charge < -0.3 is 19.7 Å². The summed E-state index contributed by atoms with van der Waals surface area (Å²) in [7, 11) is 0. The maximum absolute atomic E-state index is 11.7. The Hall–Kier alpha value is -5.14. The van der Waals surface area contributed by atoms with Gasteiger partial charge in [-0.25, -0.2) is 19.6 Å². The molecule has 0 aliphatic heterocycles. The number of benzene rings is 1. The van der Waals surface area contributed by atoms with E-state index in [1.165, 1.54) is 0 Å². The molecule has 1 aromatic carbocycles. The molecular formula is C18H10N4O10. The van der Waals surface area contributed by atoms with Gasteiger partial charge in [-0.2, -0.15) is 0 Å². The van der Waals surface area contributed by atoms with E-state index in [1.807, 2.05) is 0 Å². The van der Waals surface area contributed by atoms with Crippen LogP contribution in [0.1, 0.15) is 20.7 Å². The minimum Gasteiger partial charge on any atom is -0.478 e. The predicted octanol–water partition coefficient (Wildman–Crippen LogP) is 3.27. The molecule has 0 saturated carbocycles. The van der Waals surface area contributed by atoms with E-state index in [0.29, 0.717) is 0 Å². The lowest BCUT2D eigenvalue weighted by Crippen LogP contribution is -2.07. The molecule has 2 heterocycles. The first kappa shape index (κ1) is 21.6. The molecule has 0 fully saturated rings. The number of carboxylic acid groups (broad SMARTS) is 2. The number of carboxylic acids is 2. The Kier molecular flexibility index (Phi) is 5.86. The molecule has 2 aromatic heterocycles. The zero-order chi connectivity index (χ0) is 23.4. The number of nitro groups is 2. The molecule has 3 rings (SSSR count). The second-order valence-corrected chi connectivity index (χ2v) is 5.88. The number of ether oxygens (including phenoxy) is 2. The quantitative estimate of drug-likeness (QED) is 0.381. The van der Waals surface area contributed by atoms with Crippen LogP contribution >= 0.6 is 0 Å². The van der Waals surface area contributed by atoms with Crippen molar-refractivity contribution in [2.45, 2.75) is 0 Å². The summed E-state index contributed by atoms with van der Waals surface area (Å²) in [5.41, 5.74) is -1.91. The van der Waals surface area contributed by atoms with Crippen LogP contribution in [-0.2, 0) is 0 Å². The number of nitrogens with zero attached hydrogens (tertiary/aromatic N) is 4. The third-order valence-corrected chi connectivity index (χ3v) is 3.83. The second-order valence-electron chi connectivity index (χ2n) is 5.88. The Balaban J connectivity index is 2.06. The lowest BCUT2D eigenvalue weighted by Gasteiger charge is -2.13. The molecule has 14 nitrogen and oxygen atoms in total. The number of hydrogen-bond donors (Lipinski definition) is 2. The number of rotatable bonds is 8. The smallest absolute Gasteiger partial charge is 0.339 e. The molecular weight excluding hydrogens is 432 g/mol. The van der Waals surface area contributed by atoms with Gasteiger partial charge in [0.25, 0.3) is 11.4 Å². The van der Waals surface area contributed by atoms with Gasteiger partial charge in [0.2, 0.25) is 11.8 Å². The fourth-order valence-corrected chi connectivity index (χ4v) is 2.43. The van der Waals surface area contributed by atoms with Crippen molar-refractivity contribution in [2.24, 2.45) is 0 Å². The molecule has 0 spiro atoms. The standard InChI is InChI=1S/C18H10N4O10/c23-17(24)11-8-14(32-16-6-10(22(29)30)2-4-20-16)12(18(25)26)7-13(11)31-15-5-9(21(27)28)1-3-19-15/h1-8H,(H,23,24)(H,25,26). The highest BCUT2D eigenvalue weighted by Gasteiger charge is 2.23. The summed E-state index contributed by atoms with van der Waals surface area (Å²) in [6.07, 6.45) is 2.11. The van der Waals surface area contributed by atoms with Gasteiger partial charge in [0.1, 0.15) is 22.6 Å².